The molecule has 0 aromatic rings. The topological polar surface area (TPSA) is 205 Å². The molecule has 0 aliphatic carbocycles. The van der Waals surface area contributed by atoms with Gasteiger partial charge in [0.15, 0.2) is 0 Å². The number of aliphatic hydroxyl groups is 1. The van der Waals surface area contributed by atoms with Crippen molar-refractivity contribution < 1.29 is 99.8 Å². The lowest BCUT2D eigenvalue weighted by Gasteiger charge is -2.17. The van der Waals surface area contributed by atoms with Crippen molar-refractivity contribution in [1.29, 1.82) is 0 Å². The standard InChI is InChI=1S/C64H130O21/c1-3-5-7-9-11-13-14-16-18-20-22-64(21-19-17-15-12-10-8-6-4-2)63-85-62-61-84-60-59-83-58-57-82-56-55-81-54-53-80-52-51-79-50-49-78-48-47-77-46-45-76-44-43-75-42-41-74-40-39-73-38-37-72-36-35-71-34-33-70-32-31-69-30-29-68-28-27-67-26-25-66-24-23-65/h64-65H,3-63H2,1-2H3. The molecule has 0 radical (unpaired) electrons. The third kappa shape index (κ3) is 79.2. The van der Waals surface area contributed by atoms with E-state index in [9.17, 15) is 0 Å². The van der Waals surface area contributed by atoms with E-state index in [1.807, 2.05) is 0 Å². The van der Waals surface area contributed by atoms with Crippen LogP contribution in [0.2, 0.25) is 0 Å². The summed E-state index contributed by atoms with van der Waals surface area (Å²) in [5.41, 5.74) is 0. The molecule has 0 saturated heterocycles. The van der Waals surface area contributed by atoms with Crippen LogP contribution in [0, 0.1) is 5.92 Å². The van der Waals surface area contributed by atoms with Gasteiger partial charge in [-0.15, -0.1) is 0 Å². The summed E-state index contributed by atoms with van der Waals surface area (Å²) in [6.45, 7) is 25.1. The van der Waals surface area contributed by atoms with E-state index in [1.54, 1.807) is 0 Å². The maximum absolute atomic E-state index is 8.62. The lowest BCUT2D eigenvalue weighted by atomic mass is 9.94. The van der Waals surface area contributed by atoms with Crippen LogP contribution in [0.3, 0.4) is 0 Å². The van der Waals surface area contributed by atoms with E-state index < -0.39 is 0 Å². The van der Waals surface area contributed by atoms with Gasteiger partial charge in [-0.3, -0.25) is 0 Å². The van der Waals surface area contributed by atoms with Crippen LogP contribution in [0.4, 0.5) is 0 Å². The molecule has 21 heteroatoms. The Kier molecular flexibility index (Phi) is 80.4. The number of hydrogen-bond acceptors (Lipinski definition) is 21. The van der Waals surface area contributed by atoms with Crippen LogP contribution in [0.1, 0.15) is 142 Å². The molecule has 1 atom stereocenters. The maximum Gasteiger partial charge on any atom is 0.0701 e. The Balaban J connectivity index is 3.31. The van der Waals surface area contributed by atoms with E-state index in [1.165, 1.54) is 128 Å². The monoisotopic (exact) mass is 1230 g/mol. The molecule has 0 aromatic heterocycles. The summed E-state index contributed by atoms with van der Waals surface area (Å²) in [6, 6.07) is 0. The zero-order chi connectivity index (χ0) is 60.9. The summed E-state index contributed by atoms with van der Waals surface area (Å²) >= 11 is 0. The Bertz CT molecular complexity index is 1140. The highest BCUT2D eigenvalue weighted by atomic mass is 16.6. The minimum Gasteiger partial charge on any atom is -0.394 e. The zero-order valence-corrected chi connectivity index (χ0v) is 54.3. The molecule has 21 nitrogen and oxygen atoms in total. The van der Waals surface area contributed by atoms with Crippen molar-refractivity contribution in [3.63, 3.8) is 0 Å². The number of unbranched alkanes of at least 4 members (excludes halogenated alkanes) is 16. The van der Waals surface area contributed by atoms with Gasteiger partial charge in [0.05, 0.1) is 264 Å². The highest BCUT2D eigenvalue weighted by Gasteiger charge is 2.10. The fourth-order valence-corrected chi connectivity index (χ4v) is 8.29. The van der Waals surface area contributed by atoms with Crippen LogP contribution >= 0.6 is 0 Å². The molecule has 1 N–H and O–H groups in total. The van der Waals surface area contributed by atoms with Gasteiger partial charge in [-0.1, -0.05) is 129 Å². The molecular weight excluding hydrogens is 1100 g/mol. The lowest BCUT2D eigenvalue weighted by Crippen LogP contribution is -2.16. The third-order valence-corrected chi connectivity index (χ3v) is 13.1. The van der Waals surface area contributed by atoms with Crippen molar-refractivity contribution in [2.75, 3.05) is 271 Å². The summed E-state index contributed by atoms with van der Waals surface area (Å²) in [6.07, 6.45) is 27.5. The molecule has 1 unspecified atom stereocenters. The van der Waals surface area contributed by atoms with E-state index in [4.69, 9.17) is 99.8 Å². The Morgan fingerprint density at radius 2 is 0.318 bits per heavy atom. The summed E-state index contributed by atoms with van der Waals surface area (Å²) in [5, 5.41) is 8.62. The van der Waals surface area contributed by atoms with Gasteiger partial charge in [-0.2, -0.15) is 0 Å². The summed E-state index contributed by atoms with van der Waals surface area (Å²) < 4.78 is 111. The SMILES string of the molecule is CCCCCCCCCCCCC(CCCCCCCCCC)COCCOCCOCCOCCOCCOCCOCCOCCOCCOCCOCCOCCOCCOCCOCCOCCOCCOCCOCCOCCO. The molecule has 0 amide bonds. The zero-order valence-electron chi connectivity index (χ0n) is 54.3. The van der Waals surface area contributed by atoms with Crippen LogP contribution in [0.25, 0.3) is 0 Å². The minimum absolute atomic E-state index is 0.0202. The maximum atomic E-state index is 8.62. The molecule has 0 rings (SSSR count). The van der Waals surface area contributed by atoms with Crippen molar-refractivity contribution in [1.82, 2.24) is 0 Å². The van der Waals surface area contributed by atoms with Crippen molar-refractivity contribution >= 4 is 0 Å². The predicted octanol–water partition coefficient (Wildman–Crippen LogP) is 8.77. The van der Waals surface area contributed by atoms with Gasteiger partial charge >= 0.3 is 0 Å². The van der Waals surface area contributed by atoms with Crippen LogP contribution in [-0.2, 0) is 94.7 Å². The Labute approximate surface area is 517 Å². The normalized spacial score (nSPS) is 12.2. The molecule has 512 valence electrons. The smallest absolute Gasteiger partial charge is 0.0701 e. The van der Waals surface area contributed by atoms with Crippen LogP contribution in [-0.4, -0.2) is 276 Å². The van der Waals surface area contributed by atoms with E-state index >= 15 is 0 Å². The number of ether oxygens (including phenoxy) is 20. The highest BCUT2D eigenvalue weighted by molar-refractivity contribution is 4.61. The van der Waals surface area contributed by atoms with Crippen molar-refractivity contribution in [3.8, 4) is 0 Å². The van der Waals surface area contributed by atoms with Crippen molar-refractivity contribution in [2.24, 2.45) is 5.92 Å². The van der Waals surface area contributed by atoms with Gasteiger partial charge < -0.3 is 99.8 Å². The molecule has 0 bridgehead atoms. The first-order chi connectivity index (χ1) is 42.3. The Morgan fingerprint density at radius 1 is 0.176 bits per heavy atom. The third-order valence-electron chi connectivity index (χ3n) is 13.1. The average Bonchev–Trinajstić information content (AvgIpc) is 3.51. The second kappa shape index (κ2) is 81.2. The molecule has 0 saturated carbocycles. The molecule has 0 aromatic carbocycles. The highest BCUT2D eigenvalue weighted by Crippen LogP contribution is 2.20. The molecular formula is C64H130O21. The van der Waals surface area contributed by atoms with Gasteiger partial charge in [0, 0.05) is 6.61 Å². The quantitative estimate of drug-likeness (QED) is 0.0565. The fraction of sp³-hybridized carbons (Fsp3) is 1.00. The van der Waals surface area contributed by atoms with E-state index in [2.05, 4.69) is 13.8 Å². The second-order valence-electron chi connectivity index (χ2n) is 20.5. The Morgan fingerprint density at radius 3 is 0.482 bits per heavy atom. The molecule has 0 heterocycles. The van der Waals surface area contributed by atoms with Crippen LogP contribution in [0.5, 0.6) is 0 Å². The number of hydrogen-bond donors (Lipinski definition) is 1. The van der Waals surface area contributed by atoms with Gasteiger partial charge in [-0.25, -0.2) is 0 Å². The second-order valence-corrected chi connectivity index (χ2v) is 20.5. The average molecular weight is 1240 g/mol. The molecule has 85 heavy (non-hydrogen) atoms. The van der Waals surface area contributed by atoms with E-state index in [0.717, 1.165) is 6.61 Å². The van der Waals surface area contributed by atoms with Crippen LogP contribution in [0.15, 0.2) is 0 Å². The number of aliphatic hydroxyl groups excluding tert-OH is 1. The Hall–Kier alpha value is -0.840. The molecule has 0 aliphatic heterocycles. The lowest BCUT2D eigenvalue weighted by molar-refractivity contribution is -0.0315. The molecule has 0 spiro atoms. The first-order valence-corrected chi connectivity index (χ1v) is 33.5. The number of rotatable bonds is 81. The van der Waals surface area contributed by atoms with Crippen molar-refractivity contribution in [3.05, 3.63) is 0 Å². The fourth-order valence-electron chi connectivity index (χ4n) is 8.29. The summed E-state index contributed by atoms with van der Waals surface area (Å²) in [4.78, 5) is 0. The van der Waals surface area contributed by atoms with Gasteiger partial charge in [0.2, 0.25) is 0 Å². The summed E-state index contributed by atoms with van der Waals surface area (Å²) in [5.74, 6) is 0.677. The molecule has 0 fully saturated rings. The molecule has 0 aliphatic rings. The van der Waals surface area contributed by atoms with Gasteiger partial charge in [-0.05, 0) is 18.8 Å². The first kappa shape index (κ1) is 84.2. The minimum atomic E-state index is 0.0202. The van der Waals surface area contributed by atoms with Gasteiger partial charge in [0.25, 0.3) is 0 Å². The van der Waals surface area contributed by atoms with E-state index in [0.29, 0.717) is 264 Å². The van der Waals surface area contributed by atoms with Crippen LogP contribution < -0.4 is 0 Å². The van der Waals surface area contributed by atoms with Crippen molar-refractivity contribution in [2.45, 2.75) is 142 Å². The first-order valence-electron chi connectivity index (χ1n) is 33.5. The largest absolute Gasteiger partial charge is 0.394 e. The summed E-state index contributed by atoms with van der Waals surface area (Å²) in [7, 11) is 0. The van der Waals surface area contributed by atoms with E-state index in [-0.39, 0.29) is 6.61 Å². The predicted molar refractivity (Wildman–Crippen MR) is 331 cm³/mol. The van der Waals surface area contributed by atoms with Gasteiger partial charge in [0.1, 0.15) is 0 Å².